The monoisotopic (exact) mass is 273 g/mol. The summed E-state index contributed by atoms with van der Waals surface area (Å²) in [5.74, 6) is 0.707. The summed E-state index contributed by atoms with van der Waals surface area (Å²) in [5.41, 5.74) is 6.19. The summed E-state index contributed by atoms with van der Waals surface area (Å²) in [6.45, 7) is 2.65. The van der Waals surface area contributed by atoms with E-state index in [1.54, 1.807) is 19.2 Å². The Balaban J connectivity index is 2.67. The van der Waals surface area contributed by atoms with Crippen molar-refractivity contribution in [2.24, 2.45) is 5.73 Å². The normalized spacial score (nSPS) is 12.2. The van der Waals surface area contributed by atoms with Crippen LogP contribution in [0.5, 0.6) is 5.75 Å². The van der Waals surface area contributed by atoms with Gasteiger partial charge in [0.05, 0.1) is 11.1 Å². The molecule has 1 atom stereocenters. The van der Waals surface area contributed by atoms with Gasteiger partial charge in [-0.2, -0.15) is 0 Å². The molecule has 0 bridgehead atoms. The van der Waals surface area contributed by atoms with Crippen LogP contribution in [0.25, 0.3) is 0 Å². The molecule has 1 aromatic carbocycles. The van der Waals surface area contributed by atoms with E-state index >= 15 is 0 Å². The maximum Gasteiger partial charge on any atom is 0.121 e. The van der Waals surface area contributed by atoms with Gasteiger partial charge in [-0.15, -0.1) is 0 Å². The second kappa shape index (κ2) is 6.79. The van der Waals surface area contributed by atoms with Crippen molar-refractivity contribution in [2.75, 3.05) is 13.7 Å². The van der Waals surface area contributed by atoms with Gasteiger partial charge in [0.15, 0.2) is 0 Å². The van der Waals surface area contributed by atoms with Gasteiger partial charge in [-0.1, -0.05) is 23.8 Å². The van der Waals surface area contributed by atoms with Crippen molar-refractivity contribution in [1.82, 2.24) is 0 Å². The van der Waals surface area contributed by atoms with Crippen LogP contribution in [0.1, 0.15) is 18.9 Å². The lowest BCUT2D eigenvalue weighted by Crippen LogP contribution is -2.15. The predicted molar refractivity (Wildman–Crippen MR) is 73.9 cm³/mol. The second-order valence-electron chi connectivity index (χ2n) is 3.72. The fourth-order valence-corrected chi connectivity index (χ4v) is 1.85. The maximum atomic E-state index is 6.04. The molecular weight excluding hydrogens is 258 g/mol. The van der Waals surface area contributed by atoms with Gasteiger partial charge in [-0.25, -0.2) is 0 Å². The first kappa shape index (κ1) is 14.2. The van der Waals surface area contributed by atoms with Crippen molar-refractivity contribution in [3.05, 3.63) is 28.8 Å². The van der Waals surface area contributed by atoms with E-state index in [4.69, 9.17) is 39.0 Å². The molecule has 0 aromatic heterocycles. The van der Waals surface area contributed by atoms with Crippen molar-refractivity contribution in [2.45, 2.75) is 19.4 Å². The van der Waals surface area contributed by atoms with Crippen LogP contribution >= 0.6 is 23.8 Å². The molecule has 0 saturated heterocycles. The lowest BCUT2D eigenvalue weighted by molar-refractivity contribution is 0.135. The molecule has 1 rings (SSSR count). The first-order chi connectivity index (χ1) is 8.04. The molecule has 0 radical (unpaired) electrons. The van der Waals surface area contributed by atoms with Crippen LogP contribution < -0.4 is 10.5 Å². The van der Waals surface area contributed by atoms with E-state index in [1.165, 1.54) is 0 Å². The Hall–Kier alpha value is -0.840. The summed E-state index contributed by atoms with van der Waals surface area (Å²) in [6, 6.07) is 5.30. The summed E-state index contributed by atoms with van der Waals surface area (Å²) in [5, 5.41) is 0.508. The minimum atomic E-state index is 0.0710. The molecule has 0 aliphatic rings. The minimum Gasteiger partial charge on any atom is -0.491 e. The van der Waals surface area contributed by atoms with E-state index in [0.717, 1.165) is 6.42 Å². The van der Waals surface area contributed by atoms with Crippen LogP contribution in [0.4, 0.5) is 0 Å². The highest BCUT2D eigenvalue weighted by Gasteiger charge is 2.08. The molecule has 0 aliphatic heterocycles. The molecular formula is C12H16ClNO2S. The predicted octanol–water partition coefficient (Wildman–Crippen LogP) is 2.78. The SMILES string of the molecule is COCCC(C)Oc1ccc(C(N)=S)c(Cl)c1. The number of thiocarbonyl (C=S) groups is 1. The highest BCUT2D eigenvalue weighted by Crippen LogP contribution is 2.23. The first-order valence-electron chi connectivity index (χ1n) is 5.29. The van der Waals surface area contributed by atoms with Crippen molar-refractivity contribution in [3.8, 4) is 5.75 Å². The van der Waals surface area contributed by atoms with Gasteiger partial charge in [0.25, 0.3) is 0 Å². The summed E-state index contributed by atoms with van der Waals surface area (Å²) >= 11 is 10.9. The average Bonchev–Trinajstić information content (AvgIpc) is 2.26. The molecule has 94 valence electrons. The van der Waals surface area contributed by atoms with Crippen LogP contribution in [0.15, 0.2) is 18.2 Å². The van der Waals surface area contributed by atoms with Crippen LogP contribution in [0.3, 0.4) is 0 Å². The van der Waals surface area contributed by atoms with Gasteiger partial charge in [-0.05, 0) is 25.1 Å². The zero-order valence-electron chi connectivity index (χ0n) is 9.90. The first-order valence-corrected chi connectivity index (χ1v) is 6.08. The quantitative estimate of drug-likeness (QED) is 0.810. The third kappa shape index (κ3) is 4.50. The third-order valence-electron chi connectivity index (χ3n) is 2.27. The van der Waals surface area contributed by atoms with Crippen molar-refractivity contribution in [1.29, 1.82) is 0 Å². The molecule has 1 aromatic rings. The molecule has 0 fully saturated rings. The van der Waals surface area contributed by atoms with Gasteiger partial charge >= 0.3 is 0 Å². The minimum absolute atomic E-state index is 0.0710. The number of hydrogen-bond donors (Lipinski definition) is 1. The van der Waals surface area contributed by atoms with Gasteiger partial charge in [-0.3, -0.25) is 0 Å². The molecule has 0 heterocycles. The molecule has 17 heavy (non-hydrogen) atoms. The molecule has 0 saturated carbocycles. The summed E-state index contributed by atoms with van der Waals surface area (Å²) in [4.78, 5) is 0.286. The Morgan fingerprint density at radius 2 is 2.24 bits per heavy atom. The largest absolute Gasteiger partial charge is 0.491 e. The van der Waals surface area contributed by atoms with Gasteiger partial charge in [0.1, 0.15) is 10.7 Å². The molecule has 0 spiro atoms. The number of methoxy groups -OCH3 is 1. The summed E-state index contributed by atoms with van der Waals surface area (Å²) < 4.78 is 10.7. The number of hydrogen-bond acceptors (Lipinski definition) is 3. The van der Waals surface area contributed by atoms with E-state index in [0.29, 0.717) is 22.9 Å². The van der Waals surface area contributed by atoms with Gasteiger partial charge < -0.3 is 15.2 Å². The van der Waals surface area contributed by atoms with E-state index < -0.39 is 0 Å². The van der Waals surface area contributed by atoms with Crippen LogP contribution in [-0.4, -0.2) is 24.8 Å². The zero-order chi connectivity index (χ0) is 12.8. The Kier molecular flexibility index (Phi) is 5.68. The molecule has 0 amide bonds. The lowest BCUT2D eigenvalue weighted by atomic mass is 10.2. The highest BCUT2D eigenvalue weighted by molar-refractivity contribution is 7.80. The van der Waals surface area contributed by atoms with E-state index in [-0.39, 0.29) is 11.1 Å². The fraction of sp³-hybridized carbons (Fsp3) is 0.417. The van der Waals surface area contributed by atoms with E-state index in [2.05, 4.69) is 0 Å². The zero-order valence-corrected chi connectivity index (χ0v) is 11.5. The number of benzene rings is 1. The number of halogens is 1. The number of nitrogens with two attached hydrogens (primary N) is 1. The van der Waals surface area contributed by atoms with Crippen LogP contribution in [-0.2, 0) is 4.74 Å². The second-order valence-corrected chi connectivity index (χ2v) is 4.56. The Labute approximate surface area is 112 Å². The Morgan fingerprint density at radius 1 is 1.53 bits per heavy atom. The fourth-order valence-electron chi connectivity index (χ4n) is 1.34. The Morgan fingerprint density at radius 3 is 2.76 bits per heavy atom. The van der Waals surface area contributed by atoms with E-state index in [1.807, 2.05) is 13.0 Å². The lowest BCUT2D eigenvalue weighted by Gasteiger charge is -2.15. The van der Waals surface area contributed by atoms with Crippen LogP contribution in [0, 0.1) is 0 Å². The van der Waals surface area contributed by atoms with Crippen molar-refractivity contribution in [3.63, 3.8) is 0 Å². The van der Waals surface area contributed by atoms with Gasteiger partial charge in [0.2, 0.25) is 0 Å². The summed E-state index contributed by atoms with van der Waals surface area (Å²) in [6.07, 6.45) is 0.896. The molecule has 5 heteroatoms. The topological polar surface area (TPSA) is 44.5 Å². The summed E-state index contributed by atoms with van der Waals surface area (Å²) in [7, 11) is 1.67. The molecule has 3 nitrogen and oxygen atoms in total. The highest BCUT2D eigenvalue weighted by atomic mass is 35.5. The van der Waals surface area contributed by atoms with Crippen molar-refractivity contribution < 1.29 is 9.47 Å². The average molecular weight is 274 g/mol. The number of ether oxygens (including phenoxy) is 2. The molecule has 0 aliphatic carbocycles. The Bertz CT molecular complexity index is 398. The van der Waals surface area contributed by atoms with Gasteiger partial charge in [0, 0.05) is 25.7 Å². The molecule has 1 unspecified atom stereocenters. The molecule has 2 N–H and O–H groups in total. The van der Waals surface area contributed by atoms with E-state index in [9.17, 15) is 0 Å². The standard InChI is InChI=1S/C12H16ClNO2S/c1-8(5-6-15-2)16-9-3-4-10(12(14)17)11(13)7-9/h3-4,7-8H,5-6H2,1-2H3,(H2,14,17). The van der Waals surface area contributed by atoms with Crippen LogP contribution in [0.2, 0.25) is 5.02 Å². The maximum absolute atomic E-state index is 6.04. The smallest absolute Gasteiger partial charge is 0.121 e. The third-order valence-corrected chi connectivity index (χ3v) is 2.80. The number of rotatable bonds is 6. The van der Waals surface area contributed by atoms with Crippen molar-refractivity contribution >= 4 is 28.8 Å².